The highest BCUT2D eigenvalue weighted by atomic mass is 79.9. The molecule has 3 N–H and O–H groups in total. The van der Waals surface area contributed by atoms with Gasteiger partial charge in [0.15, 0.2) is 5.11 Å². The summed E-state index contributed by atoms with van der Waals surface area (Å²) < 4.78 is 6.47. The number of hydrogen-bond donors (Lipinski definition) is 2. The van der Waals surface area contributed by atoms with E-state index >= 15 is 0 Å². The molecule has 0 atom stereocenters. The molecular formula is C14H19BrN2O2S. The number of nitrogens with two attached hydrogens (primary N) is 1. The number of rotatable bonds is 7. The average Bonchev–Trinajstić information content (AvgIpc) is 2.39. The molecule has 4 nitrogen and oxygen atoms in total. The van der Waals surface area contributed by atoms with Gasteiger partial charge in [-0.3, -0.25) is 10.1 Å². The zero-order chi connectivity index (χ0) is 15.0. The van der Waals surface area contributed by atoms with Gasteiger partial charge in [-0.25, -0.2) is 0 Å². The fraction of sp³-hybridized carbons (Fsp3) is 0.429. The van der Waals surface area contributed by atoms with Crippen molar-refractivity contribution in [1.82, 2.24) is 5.32 Å². The van der Waals surface area contributed by atoms with Gasteiger partial charge < -0.3 is 10.5 Å². The molecule has 0 fully saturated rings. The van der Waals surface area contributed by atoms with Gasteiger partial charge >= 0.3 is 0 Å². The molecule has 0 aromatic heterocycles. The second-order valence-corrected chi connectivity index (χ2v) is 5.72. The van der Waals surface area contributed by atoms with Crippen molar-refractivity contribution in [3.63, 3.8) is 0 Å². The fourth-order valence-corrected chi connectivity index (χ4v) is 2.15. The molecule has 0 bridgehead atoms. The second kappa shape index (κ2) is 8.92. The molecule has 1 aromatic rings. The zero-order valence-corrected chi connectivity index (χ0v) is 13.9. The molecule has 0 saturated heterocycles. The molecule has 1 amide bonds. The summed E-state index contributed by atoms with van der Waals surface area (Å²) in [5.41, 5.74) is 5.74. The number of amides is 1. The first kappa shape index (κ1) is 16.9. The van der Waals surface area contributed by atoms with Crippen molar-refractivity contribution in [2.75, 3.05) is 6.61 Å². The van der Waals surface area contributed by atoms with Crippen LogP contribution in [0.3, 0.4) is 0 Å². The number of halogens is 1. The molecule has 6 heteroatoms. The van der Waals surface area contributed by atoms with E-state index in [9.17, 15) is 4.79 Å². The monoisotopic (exact) mass is 358 g/mol. The van der Waals surface area contributed by atoms with E-state index in [-0.39, 0.29) is 11.0 Å². The number of unbranched alkanes of at least 4 members (excludes halogenated alkanes) is 3. The standard InChI is InChI=1S/C14H19BrN2O2S/c1-2-3-4-5-8-19-12-7-6-10(15)9-11(12)13(18)17-14(16)20/h6-7,9H,2-5,8H2,1H3,(H3,16,17,18,20). The van der Waals surface area contributed by atoms with Crippen LogP contribution in [-0.4, -0.2) is 17.6 Å². The van der Waals surface area contributed by atoms with Crippen LogP contribution in [-0.2, 0) is 0 Å². The lowest BCUT2D eigenvalue weighted by atomic mass is 10.2. The Kier molecular flexibility index (Phi) is 7.54. The van der Waals surface area contributed by atoms with Gasteiger partial charge in [-0.15, -0.1) is 0 Å². The van der Waals surface area contributed by atoms with Crippen molar-refractivity contribution in [1.29, 1.82) is 0 Å². The predicted octanol–water partition coefficient (Wildman–Crippen LogP) is 3.38. The molecule has 0 aliphatic rings. The maximum absolute atomic E-state index is 12.0. The highest BCUT2D eigenvalue weighted by Gasteiger charge is 2.13. The van der Waals surface area contributed by atoms with Crippen molar-refractivity contribution in [2.24, 2.45) is 5.73 Å². The van der Waals surface area contributed by atoms with E-state index in [4.69, 9.17) is 10.5 Å². The van der Waals surface area contributed by atoms with E-state index in [1.54, 1.807) is 12.1 Å². The number of carbonyl (C=O) groups is 1. The number of nitrogens with one attached hydrogen (secondary N) is 1. The second-order valence-electron chi connectivity index (χ2n) is 4.37. The van der Waals surface area contributed by atoms with Gasteiger partial charge in [-0.1, -0.05) is 42.1 Å². The van der Waals surface area contributed by atoms with E-state index < -0.39 is 0 Å². The van der Waals surface area contributed by atoms with Crippen molar-refractivity contribution in [3.05, 3.63) is 28.2 Å². The number of carbonyl (C=O) groups excluding carboxylic acids is 1. The van der Waals surface area contributed by atoms with Crippen LogP contribution in [0.2, 0.25) is 0 Å². The first-order valence-electron chi connectivity index (χ1n) is 6.57. The molecule has 110 valence electrons. The first-order chi connectivity index (χ1) is 9.54. The quantitative estimate of drug-likeness (QED) is 0.579. The first-order valence-corrected chi connectivity index (χ1v) is 7.78. The van der Waals surface area contributed by atoms with Crippen LogP contribution in [0.4, 0.5) is 0 Å². The Balaban J connectivity index is 2.69. The van der Waals surface area contributed by atoms with Gasteiger partial charge in [-0.05, 0) is 36.8 Å². The predicted molar refractivity (Wildman–Crippen MR) is 88.0 cm³/mol. The SMILES string of the molecule is CCCCCCOc1ccc(Br)cc1C(=O)NC(N)=S. The number of hydrogen-bond acceptors (Lipinski definition) is 3. The van der Waals surface area contributed by atoms with E-state index in [1.165, 1.54) is 12.8 Å². The molecule has 0 aliphatic carbocycles. The van der Waals surface area contributed by atoms with Crippen LogP contribution < -0.4 is 15.8 Å². The van der Waals surface area contributed by atoms with Gasteiger partial charge in [0.25, 0.3) is 5.91 Å². The molecule has 1 rings (SSSR count). The largest absolute Gasteiger partial charge is 0.493 e. The normalized spacial score (nSPS) is 10.1. The Labute approximate surface area is 133 Å². The minimum Gasteiger partial charge on any atom is -0.493 e. The summed E-state index contributed by atoms with van der Waals surface area (Å²) >= 11 is 8.01. The molecule has 0 saturated carbocycles. The molecule has 20 heavy (non-hydrogen) atoms. The maximum atomic E-state index is 12.0. The lowest BCUT2D eigenvalue weighted by Crippen LogP contribution is -2.35. The molecule has 0 radical (unpaired) electrons. The Bertz CT molecular complexity index is 480. The van der Waals surface area contributed by atoms with E-state index in [0.29, 0.717) is 17.9 Å². The van der Waals surface area contributed by atoms with Gasteiger partial charge in [0, 0.05) is 4.47 Å². The lowest BCUT2D eigenvalue weighted by Gasteiger charge is -2.11. The van der Waals surface area contributed by atoms with Gasteiger partial charge in [0.2, 0.25) is 0 Å². The van der Waals surface area contributed by atoms with Crippen LogP contribution in [0.25, 0.3) is 0 Å². The number of thiocarbonyl (C=S) groups is 1. The summed E-state index contributed by atoms with van der Waals surface area (Å²) in [5.74, 6) is 0.181. The summed E-state index contributed by atoms with van der Waals surface area (Å²) in [6.07, 6.45) is 4.47. The lowest BCUT2D eigenvalue weighted by molar-refractivity contribution is 0.0973. The smallest absolute Gasteiger partial charge is 0.261 e. The summed E-state index contributed by atoms with van der Waals surface area (Å²) in [7, 11) is 0. The van der Waals surface area contributed by atoms with Crippen LogP contribution >= 0.6 is 28.1 Å². The molecular weight excluding hydrogens is 340 g/mol. The van der Waals surface area contributed by atoms with Crippen LogP contribution in [0.1, 0.15) is 43.0 Å². The van der Waals surface area contributed by atoms with Gasteiger partial charge in [0.05, 0.1) is 12.2 Å². The number of benzene rings is 1. The topological polar surface area (TPSA) is 64.3 Å². The molecule has 0 heterocycles. The minimum absolute atomic E-state index is 0.0520. The Morgan fingerprint density at radius 3 is 2.80 bits per heavy atom. The van der Waals surface area contributed by atoms with Crippen molar-refractivity contribution in [3.8, 4) is 5.75 Å². The van der Waals surface area contributed by atoms with Crippen molar-refractivity contribution in [2.45, 2.75) is 32.6 Å². The van der Waals surface area contributed by atoms with Gasteiger partial charge in [-0.2, -0.15) is 0 Å². The highest BCUT2D eigenvalue weighted by molar-refractivity contribution is 9.10. The number of ether oxygens (including phenoxy) is 1. The van der Waals surface area contributed by atoms with E-state index in [2.05, 4.69) is 40.4 Å². The molecule has 0 spiro atoms. The zero-order valence-electron chi connectivity index (χ0n) is 11.4. The van der Waals surface area contributed by atoms with Crippen LogP contribution in [0, 0.1) is 0 Å². The average molecular weight is 359 g/mol. The Hall–Kier alpha value is -1.14. The maximum Gasteiger partial charge on any atom is 0.261 e. The third-order valence-corrected chi connectivity index (χ3v) is 3.27. The Morgan fingerprint density at radius 1 is 1.40 bits per heavy atom. The van der Waals surface area contributed by atoms with E-state index in [0.717, 1.165) is 17.3 Å². The van der Waals surface area contributed by atoms with Crippen LogP contribution in [0.5, 0.6) is 5.75 Å². The highest BCUT2D eigenvalue weighted by Crippen LogP contribution is 2.23. The summed E-state index contributed by atoms with van der Waals surface area (Å²) in [5, 5.41) is 2.35. The van der Waals surface area contributed by atoms with Crippen molar-refractivity contribution < 1.29 is 9.53 Å². The summed E-state index contributed by atoms with van der Waals surface area (Å²) in [6.45, 7) is 2.75. The fourth-order valence-electron chi connectivity index (χ4n) is 1.70. The van der Waals surface area contributed by atoms with Crippen LogP contribution in [0.15, 0.2) is 22.7 Å². The van der Waals surface area contributed by atoms with Gasteiger partial charge in [0.1, 0.15) is 5.75 Å². The molecule has 1 aromatic carbocycles. The van der Waals surface area contributed by atoms with E-state index in [1.807, 2.05) is 6.07 Å². The summed E-state index contributed by atoms with van der Waals surface area (Å²) in [4.78, 5) is 12.0. The third kappa shape index (κ3) is 5.88. The Morgan fingerprint density at radius 2 is 2.15 bits per heavy atom. The third-order valence-electron chi connectivity index (χ3n) is 2.68. The minimum atomic E-state index is -0.359. The molecule has 0 unspecified atom stereocenters. The molecule has 0 aliphatic heterocycles. The summed E-state index contributed by atoms with van der Waals surface area (Å²) in [6, 6.07) is 5.28. The van der Waals surface area contributed by atoms with Crippen molar-refractivity contribution >= 4 is 39.2 Å².